The second-order valence-corrected chi connectivity index (χ2v) is 10.8. The van der Waals surface area contributed by atoms with Crippen molar-refractivity contribution in [2.24, 2.45) is 0 Å². The van der Waals surface area contributed by atoms with E-state index >= 15 is 0 Å². The Morgan fingerprint density at radius 1 is 1.02 bits per heavy atom. The Bertz CT molecular complexity index is 1720. The van der Waals surface area contributed by atoms with Crippen LogP contribution in [0.1, 0.15) is 43.8 Å². The van der Waals surface area contributed by atoms with Crippen molar-refractivity contribution in [1.29, 1.82) is 0 Å². The number of anilines is 1. The molecule has 0 aliphatic carbocycles. The molecule has 5 aromatic rings. The van der Waals surface area contributed by atoms with Crippen LogP contribution < -0.4 is 4.90 Å². The van der Waals surface area contributed by atoms with Crippen molar-refractivity contribution in [3.8, 4) is 34.0 Å². The number of morpholine rings is 1. The van der Waals surface area contributed by atoms with Gasteiger partial charge in [0.2, 0.25) is 0 Å². The number of hydrogen-bond acceptors (Lipinski definition) is 9. The summed E-state index contributed by atoms with van der Waals surface area (Å²) in [5.74, 6) is 0.942. The van der Waals surface area contributed by atoms with Crippen LogP contribution in [0.25, 0.3) is 33.8 Å². The fourth-order valence-corrected chi connectivity index (χ4v) is 5.99. The SMILES string of the molecule is Cc1nn(-c2cncc(O)c2)c(C)c1-c1cc(N2CCOC[C@H]2C)nc2c(-c3ccnn3C3CCCCO3)cnn12. The Morgan fingerprint density at radius 3 is 2.73 bits per heavy atom. The quantitative estimate of drug-likeness (QED) is 0.342. The Morgan fingerprint density at radius 2 is 1.93 bits per heavy atom. The van der Waals surface area contributed by atoms with E-state index in [9.17, 15) is 5.11 Å². The van der Waals surface area contributed by atoms with Gasteiger partial charge in [0.1, 0.15) is 11.6 Å². The third kappa shape index (κ3) is 4.43. The fourth-order valence-electron chi connectivity index (χ4n) is 5.99. The predicted octanol–water partition coefficient (Wildman–Crippen LogP) is 4.09. The Kier molecular flexibility index (Phi) is 6.43. The molecule has 7 rings (SSSR count). The van der Waals surface area contributed by atoms with Crippen LogP contribution in [0, 0.1) is 13.8 Å². The van der Waals surface area contributed by atoms with Gasteiger partial charge in [0.05, 0.1) is 71.9 Å². The highest BCUT2D eigenvalue weighted by atomic mass is 16.5. The van der Waals surface area contributed by atoms with Gasteiger partial charge in [0.25, 0.3) is 0 Å². The topological polar surface area (TPSA) is 121 Å². The average molecular weight is 556 g/mol. The van der Waals surface area contributed by atoms with Gasteiger partial charge in [-0.05, 0) is 46.1 Å². The zero-order valence-corrected chi connectivity index (χ0v) is 23.4. The van der Waals surface area contributed by atoms with Crippen molar-refractivity contribution in [3.05, 3.63) is 54.4 Å². The summed E-state index contributed by atoms with van der Waals surface area (Å²) in [7, 11) is 0. The van der Waals surface area contributed by atoms with E-state index in [0.29, 0.717) is 18.9 Å². The number of fused-ring (bicyclic) bond motifs is 1. The molecule has 12 heteroatoms. The fraction of sp³-hybridized carbons (Fsp3) is 0.414. The first kappa shape index (κ1) is 25.7. The molecule has 2 aliphatic rings. The van der Waals surface area contributed by atoms with E-state index in [1.807, 2.05) is 41.5 Å². The highest BCUT2D eigenvalue weighted by Crippen LogP contribution is 2.36. The number of aryl methyl sites for hydroxylation is 1. The lowest BCUT2D eigenvalue weighted by molar-refractivity contribution is -0.0383. The Hall–Kier alpha value is -4.29. The summed E-state index contributed by atoms with van der Waals surface area (Å²) in [6.07, 6.45) is 9.77. The molecule has 41 heavy (non-hydrogen) atoms. The lowest BCUT2D eigenvalue weighted by Gasteiger charge is -2.34. The van der Waals surface area contributed by atoms with E-state index in [0.717, 1.165) is 77.8 Å². The minimum Gasteiger partial charge on any atom is -0.506 e. The third-order valence-corrected chi connectivity index (χ3v) is 8.00. The first-order chi connectivity index (χ1) is 20.0. The van der Waals surface area contributed by atoms with Crippen LogP contribution in [-0.4, -0.2) is 76.7 Å². The van der Waals surface area contributed by atoms with Gasteiger partial charge >= 0.3 is 0 Å². The zero-order chi connectivity index (χ0) is 28.1. The molecule has 0 radical (unpaired) electrons. The number of hydrogen-bond donors (Lipinski definition) is 1. The van der Waals surface area contributed by atoms with Crippen molar-refractivity contribution in [1.82, 2.24) is 39.1 Å². The van der Waals surface area contributed by atoms with Crippen molar-refractivity contribution < 1.29 is 14.6 Å². The van der Waals surface area contributed by atoms with Crippen LogP contribution in [-0.2, 0) is 9.47 Å². The Labute approximate surface area is 237 Å². The Balaban J connectivity index is 1.43. The van der Waals surface area contributed by atoms with E-state index in [1.54, 1.807) is 16.9 Å². The van der Waals surface area contributed by atoms with E-state index < -0.39 is 0 Å². The maximum Gasteiger partial charge on any atom is 0.167 e. The van der Waals surface area contributed by atoms with Gasteiger partial charge in [-0.1, -0.05) is 0 Å². The molecule has 212 valence electrons. The molecule has 12 nitrogen and oxygen atoms in total. The van der Waals surface area contributed by atoms with Gasteiger partial charge in [0, 0.05) is 37.0 Å². The molecule has 5 aromatic heterocycles. The number of aromatic nitrogens is 8. The summed E-state index contributed by atoms with van der Waals surface area (Å²) in [6.45, 7) is 8.91. The van der Waals surface area contributed by atoms with E-state index in [1.165, 1.54) is 6.20 Å². The van der Waals surface area contributed by atoms with Crippen molar-refractivity contribution in [2.45, 2.75) is 52.3 Å². The molecule has 0 aromatic carbocycles. The number of rotatable bonds is 5. The third-order valence-electron chi connectivity index (χ3n) is 8.00. The normalized spacial score (nSPS) is 19.7. The highest BCUT2D eigenvalue weighted by Gasteiger charge is 2.27. The van der Waals surface area contributed by atoms with Gasteiger partial charge in [-0.3, -0.25) is 4.98 Å². The maximum atomic E-state index is 10.1. The smallest absolute Gasteiger partial charge is 0.167 e. The second kappa shape index (κ2) is 10.3. The van der Waals surface area contributed by atoms with E-state index in [4.69, 9.17) is 24.7 Å². The first-order valence-electron chi connectivity index (χ1n) is 14.1. The van der Waals surface area contributed by atoms with Gasteiger partial charge < -0.3 is 19.5 Å². The van der Waals surface area contributed by atoms with Crippen LogP contribution >= 0.6 is 0 Å². The summed E-state index contributed by atoms with van der Waals surface area (Å²) >= 11 is 0. The molecule has 1 N–H and O–H groups in total. The summed E-state index contributed by atoms with van der Waals surface area (Å²) in [6, 6.07) is 5.92. The molecule has 0 spiro atoms. The van der Waals surface area contributed by atoms with Crippen molar-refractivity contribution >= 4 is 11.5 Å². The second-order valence-electron chi connectivity index (χ2n) is 10.8. The van der Waals surface area contributed by atoms with Crippen LogP contribution in [0.2, 0.25) is 0 Å². The molecular weight excluding hydrogens is 522 g/mol. The van der Waals surface area contributed by atoms with Gasteiger partial charge in [-0.15, -0.1) is 0 Å². The number of aromatic hydroxyl groups is 1. The van der Waals surface area contributed by atoms with Gasteiger partial charge in [-0.25, -0.2) is 18.9 Å². The molecule has 7 heterocycles. The average Bonchev–Trinajstić information content (AvgIpc) is 3.70. The lowest BCUT2D eigenvalue weighted by Crippen LogP contribution is -2.44. The van der Waals surface area contributed by atoms with Gasteiger partial charge in [0.15, 0.2) is 11.9 Å². The predicted molar refractivity (Wildman–Crippen MR) is 152 cm³/mol. The van der Waals surface area contributed by atoms with Gasteiger partial charge in [-0.2, -0.15) is 15.3 Å². The molecular formula is C29H33N9O3. The molecule has 0 amide bonds. The van der Waals surface area contributed by atoms with Crippen molar-refractivity contribution in [3.63, 3.8) is 0 Å². The van der Waals surface area contributed by atoms with Crippen LogP contribution in [0.5, 0.6) is 5.75 Å². The molecule has 0 bridgehead atoms. The molecule has 2 aliphatic heterocycles. The maximum absolute atomic E-state index is 10.1. The number of nitrogens with zero attached hydrogens (tertiary/aromatic N) is 9. The van der Waals surface area contributed by atoms with E-state index in [-0.39, 0.29) is 18.0 Å². The monoisotopic (exact) mass is 555 g/mol. The molecule has 0 saturated carbocycles. The molecule has 2 atom stereocenters. The minimum atomic E-state index is -0.107. The van der Waals surface area contributed by atoms with E-state index in [2.05, 4.69) is 28.0 Å². The van der Waals surface area contributed by atoms with Crippen molar-refractivity contribution in [2.75, 3.05) is 31.3 Å². The largest absolute Gasteiger partial charge is 0.506 e. The number of pyridine rings is 1. The number of ether oxygens (including phenoxy) is 2. The summed E-state index contributed by atoms with van der Waals surface area (Å²) in [4.78, 5) is 11.6. The zero-order valence-electron chi connectivity index (χ0n) is 23.4. The first-order valence-corrected chi connectivity index (χ1v) is 14.1. The highest BCUT2D eigenvalue weighted by molar-refractivity contribution is 5.80. The summed E-state index contributed by atoms with van der Waals surface area (Å²) < 4.78 is 17.5. The minimum absolute atomic E-state index is 0.0850. The van der Waals surface area contributed by atoms with Crippen LogP contribution in [0.3, 0.4) is 0 Å². The molecule has 2 fully saturated rings. The standard InChI is InChI=1S/C29H33N9O3/c1-18-17-40-11-9-35(18)26-13-25(28-19(2)34-36(20(28)3)21-12-22(39)15-30-14-21)38-29(33-26)23(16-32-38)24-7-8-31-37(24)27-6-4-5-10-41-27/h7-8,12-16,18,27,39H,4-6,9-11,17H2,1-3H3/t18-,27?/m1/s1. The molecule has 2 saturated heterocycles. The van der Waals surface area contributed by atoms with Crippen LogP contribution in [0.15, 0.2) is 43.0 Å². The molecule has 1 unspecified atom stereocenters. The summed E-state index contributed by atoms with van der Waals surface area (Å²) in [5.41, 5.74) is 6.79. The lowest BCUT2D eigenvalue weighted by atomic mass is 10.1. The van der Waals surface area contributed by atoms with Crippen LogP contribution in [0.4, 0.5) is 5.82 Å². The summed E-state index contributed by atoms with van der Waals surface area (Å²) in [5, 5.41) is 24.4.